The second-order valence-corrected chi connectivity index (χ2v) is 10.7. The zero-order valence-electron chi connectivity index (χ0n) is 22.1. The van der Waals surface area contributed by atoms with Gasteiger partial charge in [0.2, 0.25) is 0 Å². The summed E-state index contributed by atoms with van der Waals surface area (Å²) in [6.07, 6.45) is 2.66. The van der Waals surface area contributed by atoms with E-state index in [9.17, 15) is 10.2 Å². The molecule has 2 aliphatic heterocycles. The Labute approximate surface area is 238 Å². The molecule has 0 bridgehead atoms. The molecule has 0 amide bonds. The van der Waals surface area contributed by atoms with Crippen molar-refractivity contribution in [3.63, 3.8) is 0 Å². The molecule has 2 N–H and O–H groups in total. The lowest BCUT2D eigenvalue weighted by Gasteiger charge is -2.47. The van der Waals surface area contributed by atoms with E-state index < -0.39 is 5.41 Å². The smallest absolute Gasteiger partial charge is 0.136 e. The van der Waals surface area contributed by atoms with Crippen LogP contribution in [0.3, 0.4) is 0 Å². The van der Waals surface area contributed by atoms with E-state index in [4.69, 9.17) is 9.47 Å². The van der Waals surface area contributed by atoms with Crippen molar-refractivity contribution in [1.29, 1.82) is 0 Å². The molecule has 2 atom stereocenters. The first-order valence-electron chi connectivity index (χ1n) is 13.8. The van der Waals surface area contributed by atoms with Gasteiger partial charge in [-0.2, -0.15) is 0 Å². The zero-order chi connectivity index (χ0) is 27.6. The first kappa shape index (κ1) is 23.6. The van der Waals surface area contributed by atoms with Crippen LogP contribution in [0.1, 0.15) is 34.6 Å². The average Bonchev–Trinajstić information content (AvgIpc) is 3.02. The van der Waals surface area contributed by atoms with Crippen LogP contribution in [0.25, 0.3) is 11.1 Å². The van der Waals surface area contributed by atoms with Crippen molar-refractivity contribution in [2.45, 2.75) is 17.8 Å². The second kappa shape index (κ2) is 8.90. The molecule has 0 saturated carbocycles. The van der Waals surface area contributed by atoms with Gasteiger partial charge in [0, 0.05) is 22.6 Å². The third-order valence-electron chi connectivity index (χ3n) is 8.57. The lowest BCUT2D eigenvalue weighted by atomic mass is 9.59. The third kappa shape index (κ3) is 3.28. The number of aromatic hydroxyl groups is 1. The van der Waals surface area contributed by atoms with Crippen LogP contribution < -0.4 is 9.47 Å². The van der Waals surface area contributed by atoms with Crippen molar-refractivity contribution in [1.82, 2.24) is 0 Å². The van der Waals surface area contributed by atoms with Crippen molar-refractivity contribution >= 4 is 0 Å². The maximum Gasteiger partial charge on any atom is 0.136 e. The van der Waals surface area contributed by atoms with E-state index in [0.29, 0.717) is 46.1 Å². The summed E-state index contributed by atoms with van der Waals surface area (Å²) in [5, 5.41) is 24.6. The number of allylic oxidation sites excluding steroid dienone is 3. The minimum absolute atomic E-state index is 0.112. The maximum atomic E-state index is 12.3. The number of hydrogen-bond donors (Lipinski definition) is 2. The third-order valence-corrected chi connectivity index (χ3v) is 8.57. The molecule has 0 aromatic heterocycles. The van der Waals surface area contributed by atoms with Gasteiger partial charge in [0.1, 0.15) is 34.5 Å². The number of benzene rings is 5. The molecule has 4 nitrogen and oxygen atoms in total. The number of phenols is 1. The van der Waals surface area contributed by atoms with Gasteiger partial charge in [0.25, 0.3) is 0 Å². The lowest BCUT2D eigenvalue weighted by molar-refractivity contribution is 0.302. The number of aliphatic hydroxyl groups excluding tert-OH is 1. The van der Waals surface area contributed by atoms with Crippen molar-refractivity contribution < 1.29 is 19.7 Å². The molecule has 0 fully saturated rings. The van der Waals surface area contributed by atoms with E-state index in [2.05, 4.69) is 6.08 Å². The number of aliphatic hydroxyl groups is 1. The van der Waals surface area contributed by atoms with Crippen LogP contribution in [-0.4, -0.2) is 10.2 Å². The highest BCUT2D eigenvalue weighted by Gasteiger charge is 2.56. The van der Waals surface area contributed by atoms with Crippen molar-refractivity contribution in [2.75, 3.05) is 0 Å². The van der Waals surface area contributed by atoms with Crippen LogP contribution in [0.4, 0.5) is 0 Å². The maximum absolute atomic E-state index is 12.3. The van der Waals surface area contributed by atoms with Crippen LogP contribution in [-0.2, 0) is 5.41 Å². The molecule has 0 radical (unpaired) electrons. The summed E-state index contributed by atoms with van der Waals surface area (Å²) in [5.74, 6) is 2.57. The first-order valence-corrected chi connectivity index (χ1v) is 13.8. The molecule has 3 aliphatic rings. The van der Waals surface area contributed by atoms with Gasteiger partial charge in [-0.25, -0.2) is 0 Å². The second-order valence-electron chi connectivity index (χ2n) is 10.7. The molecule has 41 heavy (non-hydrogen) atoms. The Morgan fingerprint density at radius 3 is 1.93 bits per heavy atom. The van der Waals surface area contributed by atoms with E-state index in [0.717, 1.165) is 22.3 Å². The van der Waals surface area contributed by atoms with Gasteiger partial charge in [0.15, 0.2) is 0 Å². The summed E-state index contributed by atoms with van der Waals surface area (Å²) < 4.78 is 13.0. The zero-order valence-corrected chi connectivity index (χ0v) is 22.1. The molecule has 1 spiro atoms. The molecular formula is C37H26O4. The van der Waals surface area contributed by atoms with E-state index in [1.165, 1.54) is 0 Å². The number of phenolic OH excluding ortho intramolecular Hbond substituents is 1. The van der Waals surface area contributed by atoms with Gasteiger partial charge < -0.3 is 19.7 Å². The minimum atomic E-state index is -1.10. The normalized spacial score (nSPS) is 20.1. The van der Waals surface area contributed by atoms with Gasteiger partial charge >= 0.3 is 0 Å². The van der Waals surface area contributed by atoms with Crippen LogP contribution in [0.2, 0.25) is 0 Å². The van der Waals surface area contributed by atoms with Gasteiger partial charge in [-0.1, -0.05) is 97.1 Å². The van der Waals surface area contributed by atoms with E-state index >= 15 is 0 Å². The summed E-state index contributed by atoms with van der Waals surface area (Å²) in [7, 11) is 0. The van der Waals surface area contributed by atoms with Gasteiger partial charge in [-0.3, -0.25) is 0 Å². The van der Waals surface area contributed by atoms with Gasteiger partial charge in [0.05, 0.1) is 16.6 Å². The molecule has 8 rings (SSSR count). The van der Waals surface area contributed by atoms with E-state index in [-0.39, 0.29) is 17.4 Å². The van der Waals surface area contributed by atoms with Crippen molar-refractivity contribution in [3.8, 4) is 34.1 Å². The Hall–Kier alpha value is -5.22. The molecule has 1 unspecified atom stereocenters. The highest BCUT2D eigenvalue weighted by Crippen LogP contribution is 2.65. The molecule has 198 valence electrons. The fraction of sp³-hybridized carbons (Fsp3) is 0.0811. The highest BCUT2D eigenvalue weighted by atomic mass is 16.5. The topological polar surface area (TPSA) is 58.9 Å². The summed E-state index contributed by atoms with van der Waals surface area (Å²) in [4.78, 5) is 0. The largest absolute Gasteiger partial charge is 0.511 e. The lowest BCUT2D eigenvalue weighted by Crippen LogP contribution is -2.41. The predicted molar refractivity (Wildman–Crippen MR) is 159 cm³/mol. The van der Waals surface area contributed by atoms with Crippen molar-refractivity contribution in [3.05, 3.63) is 167 Å². The van der Waals surface area contributed by atoms with Gasteiger partial charge in [-0.05, 0) is 47.9 Å². The van der Waals surface area contributed by atoms with Crippen molar-refractivity contribution in [2.24, 2.45) is 0 Å². The van der Waals surface area contributed by atoms with Crippen LogP contribution in [0, 0.1) is 0 Å². The monoisotopic (exact) mass is 534 g/mol. The number of hydrogen-bond acceptors (Lipinski definition) is 4. The van der Waals surface area contributed by atoms with Crippen LogP contribution >= 0.6 is 0 Å². The molecule has 1 aliphatic carbocycles. The van der Waals surface area contributed by atoms with Gasteiger partial charge in [-0.15, -0.1) is 0 Å². The fourth-order valence-electron chi connectivity index (χ4n) is 6.84. The van der Waals surface area contributed by atoms with Crippen LogP contribution in [0.5, 0.6) is 23.0 Å². The Morgan fingerprint density at radius 2 is 1.22 bits per heavy atom. The Balaban J connectivity index is 1.53. The number of para-hydroxylation sites is 2. The quantitative estimate of drug-likeness (QED) is 0.238. The predicted octanol–water partition coefficient (Wildman–Crippen LogP) is 8.78. The average molecular weight is 535 g/mol. The van der Waals surface area contributed by atoms with E-state index in [1.54, 1.807) is 0 Å². The molecule has 2 heterocycles. The van der Waals surface area contributed by atoms with E-state index in [1.807, 2.05) is 121 Å². The molecule has 5 aromatic carbocycles. The first-order chi connectivity index (χ1) is 20.2. The highest BCUT2D eigenvalue weighted by molar-refractivity contribution is 5.83. The molecule has 0 saturated heterocycles. The Bertz CT molecular complexity index is 1890. The summed E-state index contributed by atoms with van der Waals surface area (Å²) in [5.41, 5.74) is 4.40. The fourth-order valence-corrected chi connectivity index (χ4v) is 6.84. The number of fused-ring (bicyclic) bond motifs is 8. The standard InChI is InChI=1S/C37H26O4/c38-35-25(23-11-3-1-4-12-23)19-21-31-33(35)37(27-15-7-9-17-29(27)40-31)28-16-8-10-18-30(28)41-32-22-20-26(36(39)34(32)37)24-13-5-2-6-14-24/h1-19,21-22,26,38-39H,20H2/t26?,37-/m0/s1. The SMILES string of the molecule is OC1=C2C(=CCC1c1ccccc1)Oc1ccccc1[C@]21c2ccccc2Oc2ccc(-c3ccccc3)c(O)c21. The molecular weight excluding hydrogens is 508 g/mol. The minimum Gasteiger partial charge on any atom is -0.511 e. The number of ether oxygens (including phenoxy) is 2. The summed E-state index contributed by atoms with van der Waals surface area (Å²) in [6.45, 7) is 0. The Kier molecular flexibility index (Phi) is 5.13. The molecule has 5 aromatic rings. The summed E-state index contributed by atoms with van der Waals surface area (Å²) in [6, 6.07) is 39.5. The summed E-state index contributed by atoms with van der Waals surface area (Å²) >= 11 is 0. The Morgan fingerprint density at radius 1 is 0.610 bits per heavy atom. The number of rotatable bonds is 2. The van der Waals surface area contributed by atoms with Crippen LogP contribution in [0.15, 0.2) is 144 Å². The molecule has 4 heteroatoms.